The van der Waals surface area contributed by atoms with Crippen molar-refractivity contribution in [2.24, 2.45) is 0 Å². The van der Waals surface area contributed by atoms with Gasteiger partial charge in [0.25, 0.3) is 17.2 Å². The summed E-state index contributed by atoms with van der Waals surface area (Å²) in [5.74, 6) is 0.646. The number of nitro groups is 1. The third-order valence-corrected chi connectivity index (χ3v) is 4.45. The van der Waals surface area contributed by atoms with Crippen LogP contribution >= 0.6 is 0 Å². The Kier molecular flexibility index (Phi) is 5.77. The number of benzene rings is 2. The molecule has 3 rings (SSSR count). The molecular weight excluding hydrogens is 378 g/mol. The van der Waals surface area contributed by atoms with Crippen LogP contribution in [0.5, 0.6) is 11.5 Å². The number of carbonyl (C=O) groups excluding carboxylic acids is 1. The molecule has 0 radical (unpaired) electrons. The highest BCUT2D eigenvalue weighted by Crippen LogP contribution is 2.31. The van der Waals surface area contributed by atoms with Gasteiger partial charge in [0, 0.05) is 35.2 Å². The molecular formula is C20H19N3O6. The first kappa shape index (κ1) is 19.9. The second kappa shape index (κ2) is 8.42. The number of hydrogen-bond donors (Lipinski definition) is 2. The maximum Gasteiger partial charge on any atom is 0.270 e. The molecule has 2 aromatic carbocycles. The van der Waals surface area contributed by atoms with Gasteiger partial charge in [0.2, 0.25) is 0 Å². The van der Waals surface area contributed by atoms with E-state index in [1.165, 1.54) is 38.5 Å². The standard InChI is InChI=1S/C20H19N3O6/c1-28-16-6-7-17(29-2)18-15(16)11-13(20(25)22-18)8-9-21-19(24)12-4-3-5-14(10-12)23(26)27/h3-7,10-11H,8-9H2,1-2H3,(H,21,24)(H,22,25). The first-order chi connectivity index (χ1) is 13.9. The summed E-state index contributed by atoms with van der Waals surface area (Å²) >= 11 is 0. The predicted molar refractivity (Wildman–Crippen MR) is 107 cm³/mol. The van der Waals surface area contributed by atoms with Crippen molar-refractivity contribution in [3.05, 3.63) is 74.1 Å². The van der Waals surface area contributed by atoms with Crippen LogP contribution in [0, 0.1) is 10.1 Å². The number of nitro benzene ring substituents is 1. The molecule has 1 aromatic heterocycles. The topological polar surface area (TPSA) is 124 Å². The molecule has 0 unspecified atom stereocenters. The van der Waals surface area contributed by atoms with Crippen molar-refractivity contribution in [3.8, 4) is 11.5 Å². The Balaban J connectivity index is 1.78. The number of carbonyl (C=O) groups is 1. The zero-order chi connectivity index (χ0) is 21.0. The zero-order valence-electron chi connectivity index (χ0n) is 15.9. The molecule has 1 amide bonds. The molecule has 9 heteroatoms. The number of non-ortho nitro benzene ring substituents is 1. The van der Waals surface area contributed by atoms with Crippen LogP contribution in [0.3, 0.4) is 0 Å². The molecule has 150 valence electrons. The molecule has 1 heterocycles. The molecule has 0 bridgehead atoms. The molecule has 0 spiro atoms. The molecule has 0 aliphatic heterocycles. The maximum absolute atomic E-state index is 12.4. The minimum atomic E-state index is -0.562. The number of ether oxygens (including phenoxy) is 2. The van der Waals surface area contributed by atoms with Gasteiger partial charge in [0.15, 0.2) is 0 Å². The number of nitrogens with one attached hydrogen (secondary N) is 2. The zero-order valence-corrected chi connectivity index (χ0v) is 15.9. The number of aromatic nitrogens is 1. The minimum Gasteiger partial charge on any atom is -0.496 e. The predicted octanol–water partition coefficient (Wildman–Crippen LogP) is 2.43. The number of hydrogen-bond acceptors (Lipinski definition) is 6. The number of rotatable bonds is 7. The third-order valence-electron chi connectivity index (χ3n) is 4.45. The number of amides is 1. The van der Waals surface area contributed by atoms with Gasteiger partial charge in [0.1, 0.15) is 11.5 Å². The van der Waals surface area contributed by atoms with Crippen molar-refractivity contribution in [1.82, 2.24) is 10.3 Å². The van der Waals surface area contributed by atoms with E-state index in [0.717, 1.165) is 0 Å². The Labute approximate surface area is 165 Å². The quantitative estimate of drug-likeness (QED) is 0.466. The Morgan fingerprint density at radius 3 is 2.55 bits per heavy atom. The number of fused-ring (bicyclic) bond motifs is 1. The SMILES string of the molecule is COc1ccc(OC)c2[nH]c(=O)c(CCNC(=O)c3cccc([N+](=O)[O-])c3)cc12. The Bertz CT molecular complexity index is 1140. The van der Waals surface area contributed by atoms with Crippen LogP contribution in [0.25, 0.3) is 10.9 Å². The van der Waals surface area contributed by atoms with E-state index < -0.39 is 10.8 Å². The second-order valence-corrected chi connectivity index (χ2v) is 6.20. The van der Waals surface area contributed by atoms with Crippen molar-refractivity contribution in [3.63, 3.8) is 0 Å². The molecule has 0 aliphatic rings. The summed E-state index contributed by atoms with van der Waals surface area (Å²) in [6.07, 6.45) is 0.270. The normalized spacial score (nSPS) is 10.6. The van der Waals surface area contributed by atoms with E-state index in [-0.39, 0.29) is 29.8 Å². The first-order valence-electron chi connectivity index (χ1n) is 8.74. The average molecular weight is 397 g/mol. The largest absolute Gasteiger partial charge is 0.496 e. The van der Waals surface area contributed by atoms with Gasteiger partial charge in [-0.3, -0.25) is 19.7 Å². The van der Waals surface area contributed by atoms with Gasteiger partial charge in [-0.25, -0.2) is 0 Å². The monoisotopic (exact) mass is 397 g/mol. The van der Waals surface area contributed by atoms with Gasteiger partial charge in [-0.15, -0.1) is 0 Å². The summed E-state index contributed by atoms with van der Waals surface area (Å²) in [6, 6.07) is 10.6. The van der Waals surface area contributed by atoms with E-state index in [1.807, 2.05) is 0 Å². The van der Waals surface area contributed by atoms with E-state index in [0.29, 0.717) is 28.0 Å². The number of nitrogens with zero attached hydrogens (tertiary/aromatic N) is 1. The molecule has 3 aromatic rings. The minimum absolute atomic E-state index is 0.162. The van der Waals surface area contributed by atoms with E-state index in [2.05, 4.69) is 10.3 Å². The molecule has 2 N–H and O–H groups in total. The van der Waals surface area contributed by atoms with Crippen LogP contribution in [0.4, 0.5) is 5.69 Å². The van der Waals surface area contributed by atoms with E-state index >= 15 is 0 Å². The second-order valence-electron chi connectivity index (χ2n) is 6.20. The lowest BCUT2D eigenvalue weighted by Crippen LogP contribution is -2.27. The van der Waals surface area contributed by atoms with Crippen molar-refractivity contribution in [1.29, 1.82) is 0 Å². The summed E-state index contributed by atoms with van der Waals surface area (Å²) < 4.78 is 10.6. The van der Waals surface area contributed by atoms with Crippen LogP contribution in [-0.4, -0.2) is 36.6 Å². The fourth-order valence-corrected chi connectivity index (χ4v) is 2.99. The Hall–Kier alpha value is -3.88. The van der Waals surface area contributed by atoms with Crippen molar-refractivity contribution < 1.29 is 19.2 Å². The summed E-state index contributed by atoms with van der Waals surface area (Å²) in [7, 11) is 3.04. The molecule has 0 saturated heterocycles. The van der Waals surface area contributed by atoms with Gasteiger partial charge >= 0.3 is 0 Å². The lowest BCUT2D eigenvalue weighted by atomic mass is 10.1. The average Bonchev–Trinajstić information content (AvgIpc) is 2.73. The molecule has 0 aliphatic carbocycles. The fourth-order valence-electron chi connectivity index (χ4n) is 2.99. The van der Waals surface area contributed by atoms with E-state index in [1.54, 1.807) is 18.2 Å². The van der Waals surface area contributed by atoms with Crippen LogP contribution in [0.15, 0.2) is 47.3 Å². The highest BCUT2D eigenvalue weighted by Gasteiger charge is 2.13. The van der Waals surface area contributed by atoms with E-state index in [9.17, 15) is 19.7 Å². The van der Waals surface area contributed by atoms with Crippen molar-refractivity contribution >= 4 is 22.5 Å². The smallest absolute Gasteiger partial charge is 0.270 e. The Morgan fingerprint density at radius 1 is 1.14 bits per heavy atom. The lowest BCUT2D eigenvalue weighted by Gasteiger charge is -2.11. The number of pyridine rings is 1. The number of methoxy groups -OCH3 is 2. The molecule has 0 atom stereocenters. The van der Waals surface area contributed by atoms with Gasteiger partial charge in [-0.05, 0) is 30.7 Å². The van der Waals surface area contributed by atoms with Crippen LogP contribution < -0.4 is 20.3 Å². The van der Waals surface area contributed by atoms with Gasteiger partial charge in [0.05, 0.1) is 24.7 Å². The van der Waals surface area contributed by atoms with E-state index in [4.69, 9.17) is 9.47 Å². The Morgan fingerprint density at radius 2 is 1.86 bits per heavy atom. The highest BCUT2D eigenvalue weighted by molar-refractivity contribution is 5.94. The summed E-state index contributed by atoms with van der Waals surface area (Å²) in [5, 5.41) is 14.2. The summed E-state index contributed by atoms with van der Waals surface area (Å²) in [5.41, 5.74) is 0.709. The van der Waals surface area contributed by atoms with Gasteiger partial charge in [-0.2, -0.15) is 0 Å². The lowest BCUT2D eigenvalue weighted by molar-refractivity contribution is -0.384. The number of H-pyrrole nitrogens is 1. The molecule has 0 fully saturated rings. The van der Waals surface area contributed by atoms with Crippen molar-refractivity contribution in [2.45, 2.75) is 6.42 Å². The molecule has 0 saturated carbocycles. The van der Waals surface area contributed by atoms with Crippen LogP contribution in [0.1, 0.15) is 15.9 Å². The summed E-state index contributed by atoms with van der Waals surface area (Å²) in [4.78, 5) is 37.7. The number of aromatic amines is 1. The molecule has 29 heavy (non-hydrogen) atoms. The highest BCUT2D eigenvalue weighted by atomic mass is 16.6. The van der Waals surface area contributed by atoms with Crippen molar-refractivity contribution in [2.75, 3.05) is 20.8 Å². The van der Waals surface area contributed by atoms with Crippen LogP contribution in [0.2, 0.25) is 0 Å². The summed E-state index contributed by atoms with van der Waals surface area (Å²) in [6.45, 7) is 0.183. The molecule has 9 nitrogen and oxygen atoms in total. The fraction of sp³-hybridized carbons (Fsp3) is 0.200. The first-order valence-corrected chi connectivity index (χ1v) is 8.74. The maximum atomic E-state index is 12.4. The third kappa shape index (κ3) is 4.18. The van der Waals surface area contributed by atoms with Gasteiger partial charge in [-0.1, -0.05) is 6.07 Å². The van der Waals surface area contributed by atoms with Crippen LogP contribution in [-0.2, 0) is 6.42 Å². The van der Waals surface area contributed by atoms with Gasteiger partial charge < -0.3 is 19.8 Å².